The number of primary amides is 1. The number of carbonyl (C=O) groups excluding carboxylic acids is 1. The standard InChI is InChI=1S/C16H19N5O2/c1-11-10-12(21-8-6-18-7-9-21)2-3-14(11)23-16-19-5-4-13(20-16)15(17)22/h2-5,10,18H,6-9H2,1H3,(H2,17,22). The van der Waals surface area contributed by atoms with Gasteiger partial charge in [0.05, 0.1) is 0 Å². The van der Waals surface area contributed by atoms with Crippen molar-refractivity contribution in [2.45, 2.75) is 6.92 Å². The zero-order chi connectivity index (χ0) is 16.2. The quantitative estimate of drug-likeness (QED) is 0.877. The summed E-state index contributed by atoms with van der Waals surface area (Å²) < 4.78 is 5.68. The Morgan fingerprint density at radius 3 is 2.78 bits per heavy atom. The monoisotopic (exact) mass is 313 g/mol. The van der Waals surface area contributed by atoms with Gasteiger partial charge in [-0.3, -0.25) is 4.79 Å². The third-order valence-corrected chi connectivity index (χ3v) is 3.73. The maximum atomic E-state index is 11.2. The van der Waals surface area contributed by atoms with Crippen molar-refractivity contribution >= 4 is 11.6 Å². The van der Waals surface area contributed by atoms with Gasteiger partial charge in [-0.15, -0.1) is 0 Å². The predicted octanol–water partition coefficient (Wildman–Crippen LogP) is 1.09. The number of nitrogens with one attached hydrogen (secondary N) is 1. The molecule has 0 radical (unpaired) electrons. The summed E-state index contributed by atoms with van der Waals surface area (Å²) in [5.41, 5.74) is 7.49. The van der Waals surface area contributed by atoms with Crippen LogP contribution in [0.25, 0.3) is 0 Å². The van der Waals surface area contributed by atoms with E-state index in [0.717, 1.165) is 31.7 Å². The van der Waals surface area contributed by atoms with Gasteiger partial charge in [-0.25, -0.2) is 4.98 Å². The number of anilines is 1. The first-order chi connectivity index (χ1) is 11.1. The van der Waals surface area contributed by atoms with Gasteiger partial charge in [0, 0.05) is 38.1 Å². The summed E-state index contributed by atoms with van der Waals surface area (Å²) in [4.78, 5) is 21.5. The molecule has 2 heterocycles. The van der Waals surface area contributed by atoms with Crippen LogP contribution in [0.15, 0.2) is 30.5 Å². The molecule has 1 fully saturated rings. The molecule has 1 aromatic heterocycles. The van der Waals surface area contributed by atoms with Gasteiger partial charge in [-0.2, -0.15) is 4.98 Å². The average molecular weight is 313 g/mol. The van der Waals surface area contributed by atoms with Crippen LogP contribution >= 0.6 is 0 Å². The molecule has 120 valence electrons. The van der Waals surface area contributed by atoms with E-state index in [1.54, 1.807) is 0 Å². The first-order valence-corrected chi connectivity index (χ1v) is 7.50. The SMILES string of the molecule is Cc1cc(N2CCNCC2)ccc1Oc1nccc(C(N)=O)n1. The molecule has 0 unspecified atom stereocenters. The van der Waals surface area contributed by atoms with Gasteiger partial charge in [0.2, 0.25) is 0 Å². The molecule has 2 aromatic rings. The number of aromatic nitrogens is 2. The number of rotatable bonds is 4. The zero-order valence-corrected chi connectivity index (χ0v) is 13.0. The Morgan fingerprint density at radius 2 is 2.09 bits per heavy atom. The van der Waals surface area contributed by atoms with Crippen molar-refractivity contribution in [1.82, 2.24) is 15.3 Å². The van der Waals surface area contributed by atoms with Crippen LogP contribution in [0.2, 0.25) is 0 Å². The molecule has 3 rings (SSSR count). The van der Waals surface area contributed by atoms with Crippen LogP contribution < -0.4 is 20.7 Å². The lowest BCUT2D eigenvalue weighted by Gasteiger charge is -2.29. The number of aryl methyl sites for hydroxylation is 1. The second kappa shape index (κ2) is 6.62. The highest BCUT2D eigenvalue weighted by atomic mass is 16.5. The van der Waals surface area contributed by atoms with Crippen molar-refractivity contribution in [1.29, 1.82) is 0 Å². The van der Waals surface area contributed by atoms with E-state index in [4.69, 9.17) is 10.5 Å². The number of hydrogen-bond acceptors (Lipinski definition) is 6. The molecule has 0 spiro atoms. The number of ether oxygens (including phenoxy) is 1. The van der Waals surface area contributed by atoms with E-state index in [9.17, 15) is 4.79 Å². The minimum atomic E-state index is -0.608. The summed E-state index contributed by atoms with van der Waals surface area (Å²) in [6.07, 6.45) is 1.45. The molecule has 7 heteroatoms. The molecule has 0 aliphatic carbocycles. The number of hydrogen-bond donors (Lipinski definition) is 2. The Morgan fingerprint density at radius 1 is 1.30 bits per heavy atom. The molecule has 0 saturated carbocycles. The fourth-order valence-corrected chi connectivity index (χ4v) is 2.49. The largest absolute Gasteiger partial charge is 0.424 e. The lowest BCUT2D eigenvalue weighted by Crippen LogP contribution is -2.43. The smallest absolute Gasteiger partial charge is 0.322 e. The van der Waals surface area contributed by atoms with E-state index >= 15 is 0 Å². The summed E-state index contributed by atoms with van der Waals surface area (Å²) in [7, 11) is 0. The molecule has 0 atom stereocenters. The number of amides is 1. The van der Waals surface area contributed by atoms with Crippen molar-refractivity contribution < 1.29 is 9.53 Å². The summed E-state index contributed by atoms with van der Waals surface area (Å²) in [6, 6.07) is 7.56. The fraction of sp³-hybridized carbons (Fsp3) is 0.312. The van der Waals surface area contributed by atoms with Gasteiger partial charge < -0.3 is 20.7 Å². The van der Waals surface area contributed by atoms with Crippen LogP contribution in [0.5, 0.6) is 11.8 Å². The molecule has 1 aliphatic rings. The van der Waals surface area contributed by atoms with Gasteiger partial charge in [0.1, 0.15) is 11.4 Å². The minimum Gasteiger partial charge on any atom is -0.424 e. The number of nitrogens with two attached hydrogens (primary N) is 1. The van der Waals surface area contributed by atoms with Gasteiger partial charge in [0.25, 0.3) is 5.91 Å². The molecule has 0 bridgehead atoms. The number of nitrogens with zero attached hydrogens (tertiary/aromatic N) is 3. The summed E-state index contributed by atoms with van der Waals surface area (Å²) in [5, 5.41) is 3.34. The Balaban J connectivity index is 1.78. The van der Waals surface area contributed by atoms with Crippen LogP contribution in [-0.2, 0) is 0 Å². The maximum absolute atomic E-state index is 11.2. The van der Waals surface area contributed by atoms with E-state index in [2.05, 4.69) is 26.3 Å². The van der Waals surface area contributed by atoms with Crippen molar-refractivity contribution in [3.63, 3.8) is 0 Å². The lowest BCUT2D eigenvalue weighted by molar-refractivity contribution is 0.0994. The van der Waals surface area contributed by atoms with E-state index in [-0.39, 0.29) is 11.7 Å². The first kappa shape index (κ1) is 15.2. The van der Waals surface area contributed by atoms with Gasteiger partial charge in [0.15, 0.2) is 0 Å². The second-order valence-electron chi connectivity index (χ2n) is 5.38. The van der Waals surface area contributed by atoms with Crippen molar-refractivity contribution in [3.05, 3.63) is 41.7 Å². The Kier molecular flexibility index (Phi) is 4.38. The van der Waals surface area contributed by atoms with Crippen LogP contribution in [-0.4, -0.2) is 42.1 Å². The van der Waals surface area contributed by atoms with E-state index in [1.807, 2.05) is 19.1 Å². The molecular formula is C16H19N5O2. The average Bonchev–Trinajstić information content (AvgIpc) is 2.58. The first-order valence-electron chi connectivity index (χ1n) is 7.50. The van der Waals surface area contributed by atoms with Crippen molar-refractivity contribution in [2.75, 3.05) is 31.1 Å². The molecule has 3 N–H and O–H groups in total. The summed E-state index contributed by atoms with van der Waals surface area (Å²) >= 11 is 0. The van der Waals surface area contributed by atoms with Crippen molar-refractivity contribution in [2.24, 2.45) is 5.73 Å². The summed E-state index contributed by atoms with van der Waals surface area (Å²) in [5.74, 6) is 0.0496. The molecule has 1 amide bonds. The highest BCUT2D eigenvalue weighted by Gasteiger charge is 2.13. The Bertz CT molecular complexity index is 713. The lowest BCUT2D eigenvalue weighted by atomic mass is 10.1. The molecule has 23 heavy (non-hydrogen) atoms. The van der Waals surface area contributed by atoms with Gasteiger partial charge in [-0.05, 0) is 36.8 Å². The highest BCUT2D eigenvalue weighted by molar-refractivity contribution is 5.90. The topological polar surface area (TPSA) is 93.4 Å². The van der Waals surface area contributed by atoms with E-state index in [0.29, 0.717) is 5.75 Å². The van der Waals surface area contributed by atoms with E-state index in [1.165, 1.54) is 18.0 Å². The molecule has 1 aliphatic heterocycles. The number of benzene rings is 1. The summed E-state index contributed by atoms with van der Waals surface area (Å²) in [6.45, 7) is 5.93. The Hall–Kier alpha value is -2.67. The van der Waals surface area contributed by atoms with Crippen LogP contribution in [0.1, 0.15) is 16.1 Å². The number of piperazine rings is 1. The second-order valence-corrected chi connectivity index (χ2v) is 5.38. The van der Waals surface area contributed by atoms with Crippen molar-refractivity contribution in [3.8, 4) is 11.8 Å². The third-order valence-electron chi connectivity index (χ3n) is 3.73. The highest BCUT2D eigenvalue weighted by Crippen LogP contribution is 2.27. The fourth-order valence-electron chi connectivity index (χ4n) is 2.49. The third kappa shape index (κ3) is 3.57. The van der Waals surface area contributed by atoms with E-state index < -0.39 is 5.91 Å². The van der Waals surface area contributed by atoms with Crippen LogP contribution in [0.4, 0.5) is 5.69 Å². The normalized spacial score (nSPS) is 14.6. The van der Waals surface area contributed by atoms with Crippen LogP contribution in [0.3, 0.4) is 0 Å². The molecule has 1 aromatic carbocycles. The van der Waals surface area contributed by atoms with Gasteiger partial charge >= 0.3 is 6.01 Å². The van der Waals surface area contributed by atoms with Crippen LogP contribution in [0, 0.1) is 6.92 Å². The maximum Gasteiger partial charge on any atom is 0.322 e. The molecular weight excluding hydrogens is 294 g/mol. The minimum absolute atomic E-state index is 0.110. The molecule has 1 saturated heterocycles. The number of carbonyl (C=O) groups is 1. The Labute approximate surface area is 134 Å². The predicted molar refractivity (Wildman–Crippen MR) is 86.9 cm³/mol. The molecule has 7 nitrogen and oxygen atoms in total. The van der Waals surface area contributed by atoms with Gasteiger partial charge in [-0.1, -0.05) is 0 Å². The zero-order valence-electron chi connectivity index (χ0n) is 13.0.